The highest BCUT2D eigenvalue weighted by atomic mass is 32.2. The molecular weight excluding hydrogens is 242 g/mol. The second-order valence-corrected chi connectivity index (χ2v) is 5.62. The van der Waals surface area contributed by atoms with Gasteiger partial charge < -0.3 is 9.88 Å². The number of rotatable bonds is 6. The molecule has 3 nitrogen and oxygen atoms in total. The third-order valence-corrected chi connectivity index (χ3v) is 3.89. The van der Waals surface area contributed by atoms with E-state index in [1.54, 1.807) is 0 Å². The zero-order chi connectivity index (χ0) is 13.0. The summed E-state index contributed by atoms with van der Waals surface area (Å²) in [4.78, 5) is 4.66. The Kier molecular flexibility index (Phi) is 4.66. The number of imidazole rings is 1. The molecule has 0 fully saturated rings. The molecule has 0 aliphatic carbocycles. The monoisotopic (exact) mass is 263 g/mol. The summed E-state index contributed by atoms with van der Waals surface area (Å²) >= 11 is 1.90. The molecule has 2 rings (SSSR count). The number of nitrogens with zero attached hydrogens (tertiary/aromatic N) is 2. The third-order valence-electron chi connectivity index (χ3n) is 3.24. The largest absolute Gasteiger partial charge is 0.330 e. The topological polar surface area (TPSA) is 29.9 Å². The molecule has 0 saturated carbocycles. The van der Waals surface area contributed by atoms with E-state index in [9.17, 15) is 0 Å². The fourth-order valence-electron chi connectivity index (χ4n) is 2.02. The number of nitrogens with one attached hydrogen (secondary N) is 1. The van der Waals surface area contributed by atoms with Crippen molar-refractivity contribution in [3.8, 4) is 0 Å². The molecule has 1 atom stereocenters. The van der Waals surface area contributed by atoms with Crippen LogP contribution in [0, 0.1) is 0 Å². The SMILES string of the molecule is CSCCC(C)NCc1nc2ccccc2n1C. The highest BCUT2D eigenvalue weighted by molar-refractivity contribution is 7.98. The summed E-state index contributed by atoms with van der Waals surface area (Å²) in [6.07, 6.45) is 3.35. The molecule has 1 aromatic carbocycles. The number of benzene rings is 1. The standard InChI is InChI=1S/C14H21N3S/c1-11(8-9-18-3)15-10-14-16-12-6-4-5-7-13(12)17(14)2/h4-7,11,15H,8-10H2,1-3H3. The van der Waals surface area contributed by atoms with Crippen LogP contribution in [0.15, 0.2) is 24.3 Å². The van der Waals surface area contributed by atoms with E-state index < -0.39 is 0 Å². The maximum absolute atomic E-state index is 4.66. The molecule has 0 radical (unpaired) electrons. The molecule has 0 saturated heterocycles. The molecule has 18 heavy (non-hydrogen) atoms. The Bertz CT molecular complexity index is 507. The van der Waals surface area contributed by atoms with E-state index >= 15 is 0 Å². The summed E-state index contributed by atoms with van der Waals surface area (Å²) in [5.74, 6) is 2.31. The van der Waals surface area contributed by atoms with E-state index in [4.69, 9.17) is 0 Å². The molecule has 0 amide bonds. The van der Waals surface area contributed by atoms with Gasteiger partial charge in [0.1, 0.15) is 5.82 Å². The van der Waals surface area contributed by atoms with Gasteiger partial charge in [0.2, 0.25) is 0 Å². The Morgan fingerprint density at radius 1 is 1.39 bits per heavy atom. The fraction of sp³-hybridized carbons (Fsp3) is 0.500. The van der Waals surface area contributed by atoms with Crippen molar-refractivity contribution in [3.63, 3.8) is 0 Å². The van der Waals surface area contributed by atoms with Crippen LogP contribution in [0.3, 0.4) is 0 Å². The van der Waals surface area contributed by atoms with Crippen molar-refractivity contribution in [2.75, 3.05) is 12.0 Å². The van der Waals surface area contributed by atoms with Gasteiger partial charge in [-0.15, -0.1) is 0 Å². The molecule has 2 aromatic rings. The molecular formula is C14H21N3S. The number of para-hydroxylation sites is 2. The highest BCUT2D eigenvalue weighted by Crippen LogP contribution is 2.14. The maximum Gasteiger partial charge on any atom is 0.123 e. The van der Waals surface area contributed by atoms with Crippen molar-refractivity contribution in [3.05, 3.63) is 30.1 Å². The van der Waals surface area contributed by atoms with E-state index in [0.717, 1.165) is 17.9 Å². The van der Waals surface area contributed by atoms with Crippen molar-refractivity contribution in [2.45, 2.75) is 25.9 Å². The van der Waals surface area contributed by atoms with Crippen LogP contribution in [0.4, 0.5) is 0 Å². The number of thioether (sulfide) groups is 1. The summed E-state index contributed by atoms with van der Waals surface area (Å²) in [6, 6.07) is 8.81. The number of aryl methyl sites for hydroxylation is 1. The Hall–Kier alpha value is -1.00. The highest BCUT2D eigenvalue weighted by Gasteiger charge is 2.08. The van der Waals surface area contributed by atoms with Gasteiger partial charge in [0, 0.05) is 13.1 Å². The predicted octanol–water partition coefficient (Wildman–Crippen LogP) is 2.80. The predicted molar refractivity (Wildman–Crippen MR) is 80.0 cm³/mol. The van der Waals surface area contributed by atoms with Crippen molar-refractivity contribution >= 4 is 22.8 Å². The number of hydrogen-bond donors (Lipinski definition) is 1. The van der Waals surface area contributed by atoms with Gasteiger partial charge in [0.25, 0.3) is 0 Å². The minimum atomic E-state index is 0.539. The first kappa shape index (κ1) is 13.4. The lowest BCUT2D eigenvalue weighted by Crippen LogP contribution is -2.27. The molecule has 98 valence electrons. The van der Waals surface area contributed by atoms with Gasteiger partial charge in [0.15, 0.2) is 0 Å². The van der Waals surface area contributed by atoms with Gasteiger partial charge in [-0.3, -0.25) is 0 Å². The van der Waals surface area contributed by atoms with Gasteiger partial charge in [-0.2, -0.15) is 11.8 Å². The van der Waals surface area contributed by atoms with Crippen molar-refractivity contribution < 1.29 is 0 Å². The first-order valence-electron chi connectivity index (χ1n) is 6.35. The van der Waals surface area contributed by atoms with Crippen molar-refractivity contribution in [1.29, 1.82) is 0 Å². The number of fused-ring (bicyclic) bond motifs is 1. The zero-order valence-corrected chi connectivity index (χ0v) is 12.1. The minimum absolute atomic E-state index is 0.539. The zero-order valence-electron chi connectivity index (χ0n) is 11.3. The molecule has 4 heteroatoms. The summed E-state index contributed by atoms with van der Waals surface area (Å²) in [5.41, 5.74) is 2.28. The van der Waals surface area contributed by atoms with Crippen LogP contribution in [0.1, 0.15) is 19.2 Å². The average Bonchev–Trinajstić information content (AvgIpc) is 2.71. The number of aromatic nitrogens is 2. The molecule has 1 unspecified atom stereocenters. The van der Waals surface area contributed by atoms with Crippen LogP contribution in [-0.2, 0) is 13.6 Å². The second-order valence-electron chi connectivity index (χ2n) is 4.64. The van der Waals surface area contributed by atoms with Crippen LogP contribution >= 0.6 is 11.8 Å². The van der Waals surface area contributed by atoms with Crippen molar-refractivity contribution in [2.24, 2.45) is 7.05 Å². The Labute approximate surface area is 113 Å². The van der Waals surface area contributed by atoms with Gasteiger partial charge in [-0.25, -0.2) is 4.98 Å². The van der Waals surface area contributed by atoms with Crippen LogP contribution in [0.25, 0.3) is 11.0 Å². The molecule has 0 spiro atoms. The normalized spacial score (nSPS) is 13.1. The van der Waals surface area contributed by atoms with E-state index in [1.807, 2.05) is 17.8 Å². The maximum atomic E-state index is 4.66. The molecule has 1 N–H and O–H groups in total. The molecule has 0 aliphatic heterocycles. The molecule has 1 aromatic heterocycles. The van der Waals surface area contributed by atoms with Crippen LogP contribution in [0.5, 0.6) is 0 Å². The summed E-state index contributed by atoms with van der Waals surface area (Å²) in [6.45, 7) is 3.07. The summed E-state index contributed by atoms with van der Waals surface area (Å²) < 4.78 is 2.17. The second kappa shape index (κ2) is 6.25. The lowest BCUT2D eigenvalue weighted by Gasteiger charge is -2.12. The smallest absolute Gasteiger partial charge is 0.123 e. The van der Waals surface area contributed by atoms with Gasteiger partial charge >= 0.3 is 0 Å². The van der Waals surface area contributed by atoms with Crippen LogP contribution in [0.2, 0.25) is 0 Å². The quantitative estimate of drug-likeness (QED) is 0.869. The first-order chi connectivity index (χ1) is 8.72. The Balaban J connectivity index is 2.01. The van der Waals surface area contributed by atoms with Gasteiger partial charge in [-0.1, -0.05) is 12.1 Å². The fourth-order valence-corrected chi connectivity index (χ4v) is 2.60. The minimum Gasteiger partial charge on any atom is -0.330 e. The Morgan fingerprint density at radius 3 is 2.89 bits per heavy atom. The molecule has 0 bridgehead atoms. The summed E-state index contributed by atoms with van der Waals surface area (Å²) in [5, 5.41) is 3.54. The Morgan fingerprint density at radius 2 is 2.17 bits per heavy atom. The lowest BCUT2D eigenvalue weighted by molar-refractivity contribution is 0.520. The molecule has 1 heterocycles. The summed E-state index contributed by atoms with van der Waals surface area (Å²) in [7, 11) is 2.08. The van der Waals surface area contributed by atoms with E-state index in [1.165, 1.54) is 17.7 Å². The van der Waals surface area contributed by atoms with Gasteiger partial charge in [-0.05, 0) is 37.5 Å². The van der Waals surface area contributed by atoms with Crippen LogP contribution < -0.4 is 5.32 Å². The number of hydrogen-bond acceptors (Lipinski definition) is 3. The van der Waals surface area contributed by atoms with E-state index in [0.29, 0.717) is 6.04 Å². The van der Waals surface area contributed by atoms with E-state index in [2.05, 4.69) is 53.3 Å². The first-order valence-corrected chi connectivity index (χ1v) is 7.74. The van der Waals surface area contributed by atoms with E-state index in [-0.39, 0.29) is 0 Å². The van der Waals surface area contributed by atoms with Crippen molar-refractivity contribution in [1.82, 2.24) is 14.9 Å². The lowest BCUT2D eigenvalue weighted by atomic mass is 10.2. The van der Waals surface area contributed by atoms with Crippen LogP contribution in [-0.4, -0.2) is 27.6 Å². The molecule has 0 aliphatic rings. The average molecular weight is 263 g/mol. The third kappa shape index (κ3) is 3.06. The van der Waals surface area contributed by atoms with Gasteiger partial charge in [0.05, 0.1) is 17.6 Å².